The number of carbonyl (C=O) groups is 1. The lowest BCUT2D eigenvalue weighted by Gasteiger charge is -2.11. The molecule has 19 heavy (non-hydrogen) atoms. The summed E-state index contributed by atoms with van der Waals surface area (Å²) < 4.78 is 0. The molecule has 4 heteroatoms. The van der Waals surface area contributed by atoms with Gasteiger partial charge < -0.3 is 10.6 Å². The van der Waals surface area contributed by atoms with E-state index in [1.54, 1.807) is 0 Å². The fourth-order valence-electron chi connectivity index (χ4n) is 2.37. The molecule has 1 aromatic carbocycles. The van der Waals surface area contributed by atoms with Gasteiger partial charge in [-0.1, -0.05) is 23.8 Å². The summed E-state index contributed by atoms with van der Waals surface area (Å²) in [5.74, 6) is 0.739. The minimum Gasteiger partial charge on any atom is -0.355 e. The van der Waals surface area contributed by atoms with Crippen LogP contribution in [0.3, 0.4) is 0 Å². The van der Waals surface area contributed by atoms with Crippen LogP contribution in [0.5, 0.6) is 0 Å². The normalized spacial score (nSPS) is 17.9. The van der Waals surface area contributed by atoms with Gasteiger partial charge >= 0.3 is 0 Å². The minimum absolute atomic E-state index is 0. The third-order valence-electron chi connectivity index (χ3n) is 3.61. The first kappa shape index (κ1) is 16.0. The van der Waals surface area contributed by atoms with Crippen LogP contribution in [0, 0.1) is 19.8 Å². The van der Waals surface area contributed by atoms with Gasteiger partial charge in [-0.05, 0) is 50.4 Å². The first-order chi connectivity index (χ1) is 8.65. The molecule has 1 aliphatic heterocycles. The van der Waals surface area contributed by atoms with E-state index in [2.05, 4.69) is 42.7 Å². The van der Waals surface area contributed by atoms with E-state index in [0.29, 0.717) is 12.3 Å². The van der Waals surface area contributed by atoms with Crippen molar-refractivity contribution in [3.8, 4) is 0 Å². The number of hydrogen-bond donors (Lipinski definition) is 2. The van der Waals surface area contributed by atoms with Crippen LogP contribution in [0.4, 0.5) is 0 Å². The zero-order valence-corrected chi connectivity index (χ0v) is 12.5. The highest BCUT2D eigenvalue weighted by atomic mass is 35.5. The second-order valence-corrected chi connectivity index (χ2v) is 5.27. The van der Waals surface area contributed by atoms with Gasteiger partial charge in [-0.15, -0.1) is 12.4 Å². The van der Waals surface area contributed by atoms with Gasteiger partial charge in [0.15, 0.2) is 0 Å². The number of nitrogens with one attached hydrogen (secondary N) is 2. The quantitative estimate of drug-likeness (QED) is 0.887. The minimum atomic E-state index is 0. The highest BCUT2D eigenvalue weighted by Gasteiger charge is 2.15. The van der Waals surface area contributed by atoms with Crippen molar-refractivity contribution in [1.29, 1.82) is 0 Å². The Kier molecular flexibility index (Phi) is 6.32. The monoisotopic (exact) mass is 282 g/mol. The number of benzene rings is 1. The molecule has 0 radical (unpaired) electrons. The van der Waals surface area contributed by atoms with Crippen LogP contribution >= 0.6 is 12.4 Å². The molecule has 3 nitrogen and oxygen atoms in total. The molecule has 1 saturated heterocycles. The van der Waals surface area contributed by atoms with Crippen molar-refractivity contribution in [2.45, 2.75) is 26.7 Å². The summed E-state index contributed by atoms with van der Waals surface area (Å²) in [5, 5.41) is 6.35. The van der Waals surface area contributed by atoms with E-state index in [9.17, 15) is 4.79 Å². The summed E-state index contributed by atoms with van der Waals surface area (Å²) >= 11 is 0. The van der Waals surface area contributed by atoms with Crippen molar-refractivity contribution < 1.29 is 4.79 Å². The summed E-state index contributed by atoms with van der Waals surface area (Å²) in [6, 6.07) is 6.27. The molecule has 2 rings (SSSR count). The van der Waals surface area contributed by atoms with Crippen LogP contribution in [0.1, 0.15) is 23.1 Å². The fraction of sp³-hybridized carbons (Fsp3) is 0.533. The molecule has 0 aliphatic carbocycles. The zero-order valence-electron chi connectivity index (χ0n) is 11.7. The molecule has 106 valence electrons. The van der Waals surface area contributed by atoms with E-state index in [1.807, 2.05) is 0 Å². The fourth-order valence-corrected chi connectivity index (χ4v) is 2.37. The second-order valence-electron chi connectivity index (χ2n) is 5.27. The Hall–Kier alpha value is -1.06. The predicted octanol–water partition coefficient (Wildman–Crippen LogP) is 1.99. The van der Waals surface area contributed by atoms with Crippen molar-refractivity contribution >= 4 is 18.3 Å². The standard InChI is InChI=1S/C15H22N2O.ClH/c1-11-3-4-12(2)14(7-11)8-15(18)17-10-13-5-6-16-9-13;/h3-4,7,13,16H,5-6,8-10H2,1-2H3,(H,17,18);1H. The lowest BCUT2D eigenvalue weighted by atomic mass is 10.0. The third-order valence-corrected chi connectivity index (χ3v) is 3.61. The molecular weight excluding hydrogens is 260 g/mol. The molecule has 1 amide bonds. The van der Waals surface area contributed by atoms with Gasteiger partial charge in [-0.2, -0.15) is 0 Å². The number of amides is 1. The summed E-state index contributed by atoms with van der Waals surface area (Å²) in [5.41, 5.74) is 3.54. The molecule has 0 aromatic heterocycles. The van der Waals surface area contributed by atoms with Gasteiger partial charge in [0.25, 0.3) is 0 Å². The molecule has 1 aromatic rings. The van der Waals surface area contributed by atoms with E-state index in [4.69, 9.17) is 0 Å². The van der Waals surface area contributed by atoms with Crippen molar-refractivity contribution in [1.82, 2.24) is 10.6 Å². The maximum absolute atomic E-state index is 11.9. The summed E-state index contributed by atoms with van der Waals surface area (Å²) in [6.07, 6.45) is 1.66. The van der Waals surface area contributed by atoms with Gasteiger partial charge in [0, 0.05) is 6.54 Å². The van der Waals surface area contributed by atoms with Gasteiger partial charge in [-0.3, -0.25) is 4.79 Å². The van der Waals surface area contributed by atoms with Crippen LogP contribution in [-0.2, 0) is 11.2 Å². The molecule has 1 aliphatic rings. The van der Waals surface area contributed by atoms with Gasteiger partial charge in [0.05, 0.1) is 6.42 Å². The SMILES string of the molecule is Cc1ccc(C)c(CC(=O)NCC2CCNC2)c1.Cl. The van der Waals surface area contributed by atoms with Crippen LogP contribution in [-0.4, -0.2) is 25.5 Å². The average molecular weight is 283 g/mol. The zero-order chi connectivity index (χ0) is 13.0. The molecule has 1 atom stereocenters. The van der Waals surface area contributed by atoms with E-state index < -0.39 is 0 Å². The molecule has 2 N–H and O–H groups in total. The molecule has 0 saturated carbocycles. The Labute approximate surface area is 121 Å². The highest BCUT2D eigenvalue weighted by Crippen LogP contribution is 2.11. The van der Waals surface area contributed by atoms with Gasteiger partial charge in [-0.25, -0.2) is 0 Å². The largest absolute Gasteiger partial charge is 0.355 e. The van der Waals surface area contributed by atoms with Crippen LogP contribution in [0.2, 0.25) is 0 Å². The van der Waals surface area contributed by atoms with E-state index in [-0.39, 0.29) is 18.3 Å². The molecule has 1 heterocycles. The highest BCUT2D eigenvalue weighted by molar-refractivity contribution is 5.85. The van der Waals surface area contributed by atoms with Crippen molar-refractivity contribution in [2.24, 2.45) is 5.92 Å². The lowest BCUT2D eigenvalue weighted by Crippen LogP contribution is -2.31. The first-order valence-corrected chi connectivity index (χ1v) is 6.68. The van der Waals surface area contributed by atoms with Crippen LogP contribution in [0.25, 0.3) is 0 Å². The summed E-state index contributed by atoms with van der Waals surface area (Å²) in [4.78, 5) is 11.9. The number of carbonyl (C=O) groups excluding carboxylic acids is 1. The molecule has 0 spiro atoms. The van der Waals surface area contributed by atoms with Crippen molar-refractivity contribution in [2.75, 3.05) is 19.6 Å². The number of rotatable bonds is 4. The van der Waals surface area contributed by atoms with Crippen molar-refractivity contribution in [3.05, 3.63) is 34.9 Å². The molecule has 1 unspecified atom stereocenters. The van der Waals surface area contributed by atoms with E-state index in [0.717, 1.165) is 25.2 Å². The maximum Gasteiger partial charge on any atom is 0.224 e. The molecular formula is C15H23ClN2O. The van der Waals surface area contributed by atoms with E-state index in [1.165, 1.54) is 17.5 Å². The smallest absolute Gasteiger partial charge is 0.224 e. The van der Waals surface area contributed by atoms with Crippen molar-refractivity contribution in [3.63, 3.8) is 0 Å². The number of hydrogen-bond acceptors (Lipinski definition) is 2. The molecule has 0 bridgehead atoms. The maximum atomic E-state index is 11.9. The predicted molar refractivity (Wildman–Crippen MR) is 80.9 cm³/mol. The number of halogens is 1. The summed E-state index contributed by atoms with van der Waals surface area (Å²) in [7, 11) is 0. The van der Waals surface area contributed by atoms with Gasteiger partial charge in [0.1, 0.15) is 0 Å². The Morgan fingerprint density at radius 2 is 2.21 bits per heavy atom. The van der Waals surface area contributed by atoms with Crippen LogP contribution < -0.4 is 10.6 Å². The first-order valence-electron chi connectivity index (χ1n) is 6.68. The molecule has 1 fully saturated rings. The topological polar surface area (TPSA) is 41.1 Å². The summed E-state index contributed by atoms with van der Waals surface area (Å²) in [6.45, 7) is 7.03. The Bertz CT molecular complexity index is 428. The Morgan fingerprint density at radius 1 is 1.42 bits per heavy atom. The van der Waals surface area contributed by atoms with Gasteiger partial charge in [0.2, 0.25) is 5.91 Å². The second kappa shape index (κ2) is 7.51. The average Bonchev–Trinajstić information content (AvgIpc) is 2.84. The lowest BCUT2D eigenvalue weighted by molar-refractivity contribution is -0.120. The van der Waals surface area contributed by atoms with E-state index >= 15 is 0 Å². The van der Waals surface area contributed by atoms with Crippen LogP contribution in [0.15, 0.2) is 18.2 Å². The Balaban J connectivity index is 0.00000180. The number of aryl methyl sites for hydroxylation is 2. The Morgan fingerprint density at radius 3 is 2.89 bits per heavy atom. The third kappa shape index (κ3) is 4.84.